The van der Waals surface area contributed by atoms with Gasteiger partial charge in [0.2, 0.25) is 5.91 Å². The van der Waals surface area contributed by atoms with E-state index in [4.69, 9.17) is 32.7 Å². The van der Waals surface area contributed by atoms with Gasteiger partial charge in [-0.15, -0.1) is 11.8 Å². The van der Waals surface area contributed by atoms with Crippen LogP contribution in [0, 0.1) is 0 Å². The lowest BCUT2D eigenvalue weighted by Crippen LogP contribution is -2.34. The molecule has 4 aromatic rings. The largest absolute Gasteiger partial charge is 0.493 e. The normalized spacial score (nSPS) is 10.7. The first-order chi connectivity index (χ1) is 18.5. The van der Waals surface area contributed by atoms with Crippen LogP contribution in [0.1, 0.15) is 16.7 Å². The van der Waals surface area contributed by atoms with Crippen LogP contribution >= 0.6 is 35.0 Å². The SMILES string of the molecule is COc1ccc(CN(CCc2ccc(Cl)cc2Cl)C(=O)CSc2ccccc2)cc1OCc1ccccc1. The van der Waals surface area contributed by atoms with Crippen LogP contribution in [-0.2, 0) is 24.4 Å². The summed E-state index contributed by atoms with van der Waals surface area (Å²) in [6.07, 6.45) is 0.616. The fraction of sp³-hybridized carbons (Fsp3) is 0.194. The van der Waals surface area contributed by atoms with E-state index in [9.17, 15) is 4.79 Å². The number of ether oxygens (including phenoxy) is 2. The first-order valence-electron chi connectivity index (χ1n) is 12.2. The van der Waals surface area contributed by atoms with E-state index in [-0.39, 0.29) is 5.91 Å². The van der Waals surface area contributed by atoms with Crippen LogP contribution in [0.5, 0.6) is 11.5 Å². The topological polar surface area (TPSA) is 38.8 Å². The van der Waals surface area contributed by atoms with Gasteiger partial charge in [-0.1, -0.05) is 83.9 Å². The number of rotatable bonds is 12. The van der Waals surface area contributed by atoms with Crippen molar-refractivity contribution in [3.8, 4) is 11.5 Å². The van der Waals surface area contributed by atoms with Crippen molar-refractivity contribution >= 4 is 40.9 Å². The number of carbonyl (C=O) groups is 1. The third kappa shape index (κ3) is 8.19. The Morgan fingerprint density at radius 2 is 1.58 bits per heavy atom. The monoisotopic (exact) mass is 565 g/mol. The Labute approximate surface area is 238 Å². The van der Waals surface area contributed by atoms with E-state index < -0.39 is 0 Å². The summed E-state index contributed by atoms with van der Waals surface area (Å²) in [7, 11) is 1.62. The molecule has 0 radical (unpaired) electrons. The van der Waals surface area contributed by atoms with Crippen LogP contribution in [0.2, 0.25) is 10.0 Å². The average Bonchev–Trinajstić information content (AvgIpc) is 2.94. The highest BCUT2D eigenvalue weighted by atomic mass is 35.5. The highest BCUT2D eigenvalue weighted by molar-refractivity contribution is 8.00. The predicted molar refractivity (Wildman–Crippen MR) is 157 cm³/mol. The van der Waals surface area contributed by atoms with Gasteiger partial charge in [0.1, 0.15) is 6.61 Å². The Bertz CT molecular complexity index is 1340. The smallest absolute Gasteiger partial charge is 0.233 e. The van der Waals surface area contributed by atoms with E-state index >= 15 is 0 Å². The van der Waals surface area contributed by atoms with Gasteiger partial charge in [0, 0.05) is 28.0 Å². The maximum Gasteiger partial charge on any atom is 0.233 e. The Kier molecular flexibility index (Phi) is 10.4. The fourth-order valence-corrected chi connectivity index (χ4v) is 5.24. The quantitative estimate of drug-likeness (QED) is 0.163. The molecule has 4 aromatic carbocycles. The molecule has 0 spiro atoms. The summed E-state index contributed by atoms with van der Waals surface area (Å²) in [4.78, 5) is 16.3. The molecule has 1 amide bonds. The standard InChI is InChI=1S/C31H29Cl2NO3S/c1-36-29-15-12-24(18-30(29)37-21-23-8-4-2-5-9-23)20-34(17-16-25-13-14-26(32)19-28(25)33)31(35)22-38-27-10-6-3-7-11-27/h2-15,18-19H,16-17,20-22H2,1H3. The van der Waals surface area contributed by atoms with Gasteiger partial charge in [0.25, 0.3) is 0 Å². The second-order valence-electron chi connectivity index (χ2n) is 8.66. The molecule has 196 valence electrons. The van der Waals surface area contributed by atoms with Crippen molar-refractivity contribution in [2.45, 2.75) is 24.5 Å². The molecule has 0 atom stereocenters. The lowest BCUT2D eigenvalue weighted by Gasteiger charge is -2.24. The molecule has 0 N–H and O–H groups in total. The van der Waals surface area contributed by atoms with Crippen LogP contribution in [0.15, 0.2) is 102 Å². The minimum atomic E-state index is 0.0477. The lowest BCUT2D eigenvalue weighted by atomic mass is 10.1. The Morgan fingerprint density at radius 1 is 0.842 bits per heavy atom. The zero-order valence-electron chi connectivity index (χ0n) is 21.1. The maximum absolute atomic E-state index is 13.4. The number of carbonyl (C=O) groups excluding carboxylic acids is 1. The number of thioether (sulfide) groups is 1. The molecule has 38 heavy (non-hydrogen) atoms. The number of amides is 1. The summed E-state index contributed by atoms with van der Waals surface area (Å²) in [5.74, 6) is 1.67. The zero-order chi connectivity index (χ0) is 26.7. The molecule has 0 heterocycles. The molecule has 0 bridgehead atoms. The third-order valence-electron chi connectivity index (χ3n) is 5.96. The summed E-state index contributed by atoms with van der Waals surface area (Å²) < 4.78 is 11.6. The minimum Gasteiger partial charge on any atom is -0.493 e. The molecule has 0 aliphatic rings. The Morgan fingerprint density at radius 3 is 2.29 bits per heavy atom. The number of hydrogen-bond donors (Lipinski definition) is 0. The Balaban J connectivity index is 1.50. The molecule has 0 unspecified atom stereocenters. The minimum absolute atomic E-state index is 0.0477. The third-order valence-corrected chi connectivity index (χ3v) is 7.55. The van der Waals surface area contributed by atoms with Crippen molar-refractivity contribution in [3.05, 3.63) is 124 Å². The van der Waals surface area contributed by atoms with Crippen molar-refractivity contribution in [1.29, 1.82) is 0 Å². The average molecular weight is 567 g/mol. The zero-order valence-corrected chi connectivity index (χ0v) is 23.4. The van der Waals surface area contributed by atoms with E-state index in [2.05, 4.69) is 0 Å². The number of methoxy groups -OCH3 is 1. The van der Waals surface area contributed by atoms with Crippen LogP contribution < -0.4 is 9.47 Å². The van der Waals surface area contributed by atoms with E-state index in [0.717, 1.165) is 21.6 Å². The molecule has 4 nitrogen and oxygen atoms in total. The van der Waals surface area contributed by atoms with Crippen molar-refractivity contribution in [3.63, 3.8) is 0 Å². The molecule has 0 aliphatic heterocycles. The van der Waals surface area contributed by atoms with Crippen molar-refractivity contribution in [2.24, 2.45) is 0 Å². The lowest BCUT2D eigenvalue weighted by molar-refractivity contribution is -0.128. The van der Waals surface area contributed by atoms with Crippen LogP contribution in [-0.4, -0.2) is 30.2 Å². The van der Waals surface area contributed by atoms with Gasteiger partial charge in [0.05, 0.1) is 12.9 Å². The Hall–Kier alpha value is -3.12. The fourth-order valence-electron chi connectivity index (χ4n) is 3.91. The van der Waals surface area contributed by atoms with Crippen LogP contribution in [0.4, 0.5) is 0 Å². The summed E-state index contributed by atoms with van der Waals surface area (Å²) in [6.45, 7) is 1.37. The molecule has 0 saturated heterocycles. The van der Waals surface area contributed by atoms with Crippen LogP contribution in [0.3, 0.4) is 0 Å². The van der Waals surface area contributed by atoms with E-state index in [0.29, 0.717) is 53.4 Å². The van der Waals surface area contributed by atoms with E-state index in [1.54, 1.807) is 13.2 Å². The number of hydrogen-bond acceptors (Lipinski definition) is 4. The van der Waals surface area contributed by atoms with Gasteiger partial charge in [-0.2, -0.15) is 0 Å². The van der Waals surface area contributed by atoms with E-state index in [1.165, 1.54) is 11.8 Å². The second-order valence-corrected chi connectivity index (χ2v) is 10.6. The van der Waals surface area contributed by atoms with Crippen molar-refractivity contribution < 1.29 is 14.3 Å². The second kappa shape index (κ2) is 14.1. The molecule has 0 fully saturated rings. The van der Waals surface area contributed by atoms with Crippen molar-refractivity contribution in [1.82, 2.24) is 4.90 Å². The highest BCUT2D eigenvalue weighted by Crippen LogP contribution is 2.30. The van der Waals surface area contributed by atoms with Gasteiger partial charge >= 0.3 is 0 Å². The van der Waals surface area contributed by atoms with Gasteiger partial charge in [-0.3, -0.25) is 4.79 Å². The molecule has 0 aliphatic carbocycles. The number of nitrogens with zero attached hydrogens (tertiary/aromatic N) is 1. The van der Waals surface area contributed by atoms with Gasteiger partial charge in [0.15, 0.2) is 11.5 Å². The van der Waals surface area contributed by atoms with Gasteiger partial charge < -0.3 is 14.4 Å². The first-order valence-corrected chi connectivity index (χ1v) is 14.0. The first kappa shape index (κ1) is 27.9. The molecular weight excluding hydrogens is 537 g/mol. The van der Waals surface area contributed by atoms with Crippen LogP contribution in [0.25, 0.3) is 0 Å². The molecule has 0 saturated carbocycles. The predicted octanol–water partition coefficient (Wildman–Crippen LogP) is 7.94. The highest BCUT2D eigenvalue weighted by Gasteiger charge is 2.17. The van der Waals surface area contributed by atoms with Gasteiger partial charge in [-0.05, 0) is 59.5 Å². The summed E-state index contributed by atoms with van der Waals surface area (Å²) in [6, 6.07) is 31.2. The summed E-state index contributed by atoms with van der Waals surface area (Å²) in [5.41, 5.74) is 2.97. The molecular formula is C31H29Cl2NO3S. The number of halogens is 2. The molecule has 7 heteroatoms. The van der Waals surface area contributed by atoms with Crippen molar-refractivity contribution in [2.75, 3.05) is 19.4 Å². The maximum atomic E-state index is 13.4. The number of benzene rings is 4. The summed E-state index contributed by atoms with van der Waals surface area (Å²) in [5, 5.41) is 1.19. The van der Waals surface area contributed by atoms with Gasteiger partial charge in [-0.25, -0.2) is 0 Å². The molecule has 0 aromatic heterocycles. The summed E-state index contributed by atoms with van der Waals surface area (Å²) >= 11 is 14.0. The van der Waals surface area contributed by atoms with E-state index in [1.807, 2.05) is 95.9 Å². The molecule has 4 rings (SSSR count).